The van der Waals surface area contributed by atoms with E-state index in [0.717, 1.165) is 17.4 Å². The molecule has 0 saturated heterocycles. The quantitative estimate of drug-likeness (QED) is 0.830. The monoisotopic (exact) mass is 344 g/mol. The number of nitriles is 1. The van der Waals surface area contributed by atoms with E-state index in [2.05, 4.69) is 11.4 Å². The summed E-state index contributed by atoms with van der Waals surface area (Å²) < 4.78 is 10.9. The normalized spacial score (nSPS) is 17.2. The zero-order valence-corrected chi connectivity index (χ0v) is 15.1. The smallest absolute Gasteiger partial charge is 0.407 e. The number of benzene rings is 1. The van der Waals surface area contributed by atoms with Crippen LogP contribution < -0.4 is 10.1 Å². The predicted octanol–water partition coefficient (Wildman–Crippen LogP) is 2.76. The van der Waals surface area contributed by atoms with Gasteiger partial charge in [0.05, 0.1) is 17.7 Å². The molecule has 1 amide bonds. The third-order valence-corrected chi connectivity index (χ3v) is 3.84. The van der Waals surface area contributed by atoms with Gasteiger partial charge in [-0.3, -0.25) is 0 Å². The highest BCUT2D eigenvalue weighted by molar-refractivity contribution is 5.68. The van der Waals surface area contributed by atoms with Gasteiger partial charge in [-0.2, -0.15) is 5.26 Å². The van der Waals surface area contributed by atoms with E-state index in [1.165, 1.54) is 0 Å². The van der Waals surface area contributed by atoms with Crippen molar-refractivity contribution in [3.8, 4) is 11.8 Å². The van der Waals surface area contributed by atoms with Crippen LogP contribution in [0.15, 0.2) is 12.1 Å². The molecule has 0 radical (unpaired) electrons. The number of carbonyl (C=O) groups excluding carboxylic acids is 2. The Bertz CT molecular complexity index is 701. The van der Waals surface area contributed by atoms with E-state index in [4.69, 9.17) is 9.47 Å². The van der Waals surface area contributed by atoms with E-state index in [1.54, 1.807) is 26.8 Å². The molecule has 6 heteroatoms. The molecule has 1 aromatic carbocycles. The standard InChI is InChI=1S/C19H24N2O4/c1-12(21-18(23)25-19(2,3)4)11-24-16-7-14-5-13(10-22)6-17(14)15(8-16)9-20/h7-8,10,12-13H,5-6,11H2,1-4H3,(H,21,23). The first-order valence-corrected chi connectivity index (χ1v) is 8.35. The second-order valence-electron chi connectivity index (χ2n) is 7.38. The lowest BCUT2D eigenvalue weighted by molar-refractivity contribution is -0.110. The molecule has 1 N–H and O–H groups in total. The zero-order chi connectivity index (χ0) is 18.6. The molecular formula is C19H24N2O4. The molecule has 0 saturated carbocycles. The van der Waals surface area contributed by atoms with Crippen molar-refractivity contribution in [3.05, 3.63) is 28.8 Å². The van der Waals surface area contributed by atoms with E-state index in [1.807, 2.05) is 13.0 Å². The van der Waals surface area contributed by atoms with E-state index < -0.39 is 11.7 Å². The number of carbonyl (C=O) groups is 2. The van der Waals surface area contributed by atoms with Gasteiger partial charge in [0.15, 0.2) is 0 Å². The second-order valence-corrected chi connectivity index (χ2v) is 7.38. The maximum absolute atomic E-state index is 11.7. The topological polar surface area (TPSA) is 88.4 Å². The van der Waals surface area contributed by atoms with Gasteiger partial charge in [0, 0.05) is 5.92 Å². The van der Waals surface area contributed by atoms with Crippen LogP contribution in [0.5, 0.6) is 5.75 Å². The highest BCUT2D eigenvalue weighted by Crippen LogP contribution is 2.32. The minimum Gasteiger partial charge on any atom is -0.491 e. The first-order chi connectivity index (χ1) is 11.7. The number of aldehydes is 1. The Morgan fingerprint density at radius 1 is 1.44 bits per heavy atom. The number of hydrogen-bond acceptors (Lipinski definition) is 5. The van der Waals surface area contributed by atoms with Crippen molar-refractivity contribution >= 4 is 12.4 Å². The minimum atomic E-state index is -0.554. The Morgan fingerprint density at radius 3 is 2.76 bits per heavy atom. The molecule has 0 spiro atoms. The van der Waals surface area contributed by atoms with E-state index >= 15 is 0 Å². The Balaban J connectivity index is 1.97. The van der Waals surface area contributed by atoms with Crippen LogP contribution in [0.4, 0.5) is 4.79 Å². The summed E-state index contributed by atoms with van der Waals surface area (Å²) in [4.78, 5) is 22.7. The van der Waals surface area contributed by atoms with Crippen LogP contribution in [-0.2, 0) is 22.4 Å². The summed E-state index contributed by atoms with van der Waals surface area (Å²) in [5, 5.41) is 12.0. The predicted molar refractivity (Wildman–Crippen MR) is 92.4 cm³/mol. The van der Waals surface area contributed by atoms with Crippen molar-refractivity contribution < 1.29 is 19.1 Å². The Labute approximate surface area is 148 Å². The van der Waals surface area contributed by atoms with Gasteiger partial charge in [-0.15, -0.1) is 0 Å². The maximum Gasteiger partial charge on any atom is 0.407 e. The first kappa shape index (κ1) is 18.8. The van der Waals surface area contributed by atoms with Crippen LogP contribution in [0.3, 0.4) is 0 Å². The molecule has 0 aliphatic heterocycles. The van der Waals surface area contributed by atoms with Crippen LogP contribution in [-0.4, -0.2) is 30.6 Å². The van der Waals surface area contributed by atoms with E-state index in [0.29, 0.717) is 24.2 Å². The number of nitrogens with zero attached hydrogens (tertiary/aromatic N) is 1. The Hall–Kier alpha value is -2.55. The molecule has 134 valence electrons. The van der Waals surface area contributed by atoms with Gasteiger partial charge in [0.2, 0.25) is 0 Å². The molecule has 2 unspecified atom stereocenters. The average molecular weight is 344 g/mol. The third kappa shape index (κ3) is 5.21. The summed E-state index contributed by atoms with van der Waals surface area (Å²) in [6.07, 6.45) is 1.69. The van der Waals surface area contributed by atoms with Crippen LogP contribution >= 0.6 is 0 Å². The van der Waals surface area contributed by atoms with Crippen molar-refractivity contribution in [2.45, 2.75) is 52.2 Å². The summed E-state index contributed by atoms with van der Waals surface area (Å²) in [6.45, 7) is 7.46. The number of hydrogen-bond donors (Lipinski definition) is 1. The lowest BCUT2D eigenvalue weighted by atomic mass is 10.0. The summed E-state index contributed by atoms with van der Waals surface area (Å²) in [6, 6.07) is 5.48. The molecule has 0 bridgehead atoms. The molecule has 0 heterocycles. The van der Waals surface area contributed by atoms with Gasteiger partial charge in [-0.25, -0.2) is 4.79 Å². The molecule has 0 aromatic heterocycles. The van der Waals surface area contributed by atoms with Crippen LogP contribution in [0.1, 0.15) is 44.4 Å². The van der Waals surface area contributed by atoms with Crippen molar-refractivity contribution in [3.63, 3.8) is 0 Å². The van der Waals surface area contributed by atoms with E-state index in [9.17, 15) is 14.9 Å². The molecule has 1 aliphatic carbocycles. The fourth-order valence-electron chi connectivity index (χ4n) is 2.79. The largest absolute Gasteiger partial charge is 0.491 e. The van der Waals surface area contributed by atoms with Gasteiger partial charge in [0.25, 0.3) is 0 Å². The number of rotatable bonds is 5. The van der Waals surface area contributed by atoms with Crippen molar-refractivity contribution in [1.29, 1.82) is 5.26 Å². The van der Waals surface area contributed by atoms with Crippen molar-refractivity contribution in [2.24, 2.45) is 5.92 Å². The van der Waals surface area contributed by atoms with Gasteiger partial charge in [-0.05, 0) is 63.8 Å². The molecule has 0 fully saturated rings. The number of nitrogens with one attached hydrogen (secondary N) is 1. The van der Waals surface area contributed by atoms with Crippen LogP contribution in [0.25, 0.3) is 0 Å². The SMILES string of the molecule is CC(COc1cc(C#N)c2c(c1)CC(C=O)C2)NC(=O)OC(C)(C)C. The third-order valence-electron chi connectivity index (χ3n) is 3.84. The van der Waals surface area contributed by atoms with E-state index in [-0.39, 0.29) is 18.6 Å². The van der Waals surface area contributed by atoms with Crippen LogP contribution in [0.2, 0.25) is 0 Å². The van der Waals surface area contributed by atoms with Gasteiger partial charge < -0.3 is 19.6 Å². The lowest BCUT2D eigenvalue weighted by Crippen LogP contribution is -2.40. The van der Waals surface area contributed by atoms with Gasteiger partial charge in [-0.1, -0.05) is 0 Å². The van der Waals surface area contributed by atoms with Crippen molar-refractivity contribution in [1.82, 2.24) is 5.32 Å². The number of ether oxygens (including phenoxy) is 2. The minimum absolute atomic E-state index is 0.0647. The maximum atomic E-state index is 11.7. The molecule has 6 nitrogen and oxygen atoms in total. The molecule has 2 rings (SSSR count). The van der Waals surface area contributed by atoms with Gasteiger partial charge >= 0.3 is 6.09 Å². The fraction of sp³-hybridized carbons (Fsp3) is 0.526. The highest BCUT2D eigenvalue weighted by atomic mass is 16.6. The fourth-order valence-corrected chi connectivity index (χ4v) is 2.79. The summed E-state index contributed by atoms with van der Waals surface area (Å²) >= 11 is 0. The van der Waals surface area contributed by atoms with Gasteiger partial charge in [0.1, 0.15) is 24.2 Å². The Kier molecular flexibility index (Phi) is 5.68. The number of fused-ring (bicyclic) bond motifs is 1. The lowest BCUT2D eigenvalue weighted by Gasteiger charge is -2.22. The first-order valence-electron chi connectivity index (χ1n) is 8.35. The average Bonchev–Trinajstić information content (AvgIpc) is 2.93. The highest BCUT2D eigenvalue weighted by Gasteiger charge is 2.25. The number of alkyl carbamates (subject to hydrolysis) is 1. The molecule has 1 aromatic rings. The summed E-state index contributed by atoms with van der Waals surface area (Å²) in [5.41, 5.74) is 1.91. The molecule has 1 aliphatic rings. The molecular weight excluding hydrogens is 320 g/mol. The molecule has 25 heavy (non-hydrogen) atoms. The Morgan fingerprint density at radius 2 is 2.16 bits per heavy atom. The summed E-state index contributed by atoms with van der Waals surface area (Å²) in [5.74, 6) is 0.504. The zero-order valence-electron chi connectivity index (χ0n) is 15.1. The summed E-state index contributed by atoms with van der Waals surface area (Å²) in [7, 11) is 0. The second kappa shape index (κ2) is 7.56. The number of amides is 1. The van der Waals surface area contributed by atoms with Crippen LogP contribution in [0, 0.1) is 17.2 Å². The van der Waals surface area contributed by atoms with Crippen molar-refractivity contribution in [2.75, 3.05) is 6.61 Å². The molecule has 2 atom stereocenters.